The van der Waals surface area contributed by atoms with E-state index in [0.717, 1.165) is 36.2 Å². The maximum atomic E-state index is 10.9. The van der Waals surface area contributed by atoms with E-state index in [1.165, 1.54) is 5.56 Å². The van der Waals surface area contributed by atoms with Gasteiger partial charge >= 0.3 is 0 Å². The lowest BCUT2D eigenvalue weighted by atomic mass is 9.87. The monoisotopic (exact) mass is 549 g/mol. The molecule has 0 aromatic heterocycles. The highest BCUT2D eigenvalue weighted by Crippen LogP contribution is 2.37. The van der Waals surface area contributed by atoms with Gasteiger partial charge in [0.25, 0.3) is 0 Å². The highest BCUT2D eigenvalue weighted by molar-refractivity contribution is 6.31. The highest BCUT2D eigenvalue weighted by atomic mass is 35.5. The lowest BCUT2D eigenvalue weighted by molar-refractivity contribution is -0.232. The fourth-order valence-corrected chi connectivity index (χ4v) is 5.39. The first kappa shape index (κ1) is 29.4. The van der Waals surface area contributed by atoms with Gasteiger partial charge < -0.3 is 34.6 Å². The van der Waals surface area contributed by atoms with Crippen molar-refractivity contribution in [2.75, 3.05) is 39.5 Å². The number of rotatable bonds is 10. The van der Waals surface area contributed by atoms with Crippen LogP contribution in [0.3, 0.4) is 0 Å². The average molecular weight is 550 g/mol. The standard InChI is InChI=1S/C29H40ClNO7/c1-3-19-4-6-20(7-5-19)12-21-13-23(29-28(35)27(34)26(33)25(15-32)38-29)22(14-24(21)30)17-37-16-18(2)31-8-10-36-11-9-31/h4-7,13-14,18,25-29,32-35H,3,8-12,15-17H2,1-2H3/t18?,25-,26-,27+,28-,29+/m1/s1. The molecule has 0 spiro atoms. The molecule has 2 fully saturated rings. The molecule has 8 nitrogen and oxygen atoms in total. The second-order valence-corrected chi connectivity index (χ2v) is 10.7. The zero-order chi connectivity index (χ0) is 27.2. The van der Waals surface area contributed by atoms with Gasteiger partial charge in [0.2, 0.25) is 0 Å². The minimum Gasteiger partial charge on any atom is -0.394 e. The summed E-state index contributed by atoms with van der Waals surface area (Å²) in [5.74, 6) is 0. The van der Waals surface area contributed by atoms with E-state index in [9.17, 15) is 20.4 Å². The molecule has 2 heterocycles. The molecule has 1 unspecified atom stereocenters. The van der Waals surface area contributed by atoms with Crippen LogP contribution in [-0.4, -0.2) is 95.3 Å². The van der Waals surface area contributed by atoms with Crippen molar-refractivity contribution >= 4 is 11.6 Å². The predicted octanol–water partition coefficient (Wildman–Crippen LogP) is 2.25. The van der Waals surface area contributed by atoms with E-state index < -0.39 is 37.1 Å². The maximum Gasteiger partial charge on any atom is 0.113 e. The summed E-state index contributed by atoms with van der Waals surface area (Å²) in [5, 5.41) is 41.9. The molecule has 2 aromatic rings. The van der Waals surface area contributed by atoms with E-state index in [-0.39, 0.29) is 12.6 Å². The Hall–Kier alpha value is -1.59. The Kier molecular flexibility index (Phi) is 10.6. The van der Waals surface area contributed by atoms with Gasteiger partial charge in [-0.1, -0.05) is 48.9 Å². The van der Waals surface area contributed by atoms with Gasteiger partial charge in [-0.25, -0.2) is 0 Å². The Bertz CT molecular complexity index is 1030. The molecule has 4 N–H and O–H groups in total. The predicted molar refractivity (Wildman–Crippen MR) is 144 cm³/mol. The third-order valence-electron chi connectivity index (χ3n) is 7.62. The first-order valence-electron chi connectivity index (χ1n) is 13.4. The summed E-state index contributed by atoms with van der Waals surface area (Å²) in [6, 6.07) is 12.3. The summed E-state index contributed by atoms with van der Waals surface area (Å²) in [6.45, 7) is 7.61. The maximum absolute atomic E-state index is 10.9. The topological polar surface area (TPSA) is 112 Å². The Balaban J connectivity index is 1.59. The molecule has 2 aromatic carbocycles. The van der Waals surface area contributed by atoms with Crippen molar-refractivity contribution in [3.8, 4) is 0 Å². The first-order valence-corrected chi connectivity index (χ1v) is 13.8. The van der Waals surface area contributed by atoms with E-state index in [2.05, 4.69) is 43.0 Å². The number of aliphatic hydroxyl groups excluding tert-OH is 4. The van der Waals surface area contributed by atoms with E-state index in [1.54, 1.807) is 0 Å². The lowest BCUT2D eigenvalue weighted by Gasteiger charge is -2.41. The van der Waals surface area contributed by atoms with Crippen molar-refractivity contribution in [2.45, 2.75) is 69.9 Å². The van der Waals surface area contributed by atoms with Gasteiger partial charge in [-0.05, 0) is 53.6 Å². The molecule has 4 rings (SSSR count). The fraction of sp³-hybridized carbons (Fsp3) is 0.586. The largest absolute Gasteiger partial charge is 0.394 e. The van der Waals surface area contributed by atoms with Gasteiger partial charge in [0, 0.05) is 24.2 Å². The smallest absolute Gasteiger partial charge is 0.113 e. The summed E-state index contributed by atoms with van der Waals surface area (Å²) in [7, 11) is 0. The van der Waals surface area contributed by atoms with Crippen molar-refractivity contribution < 1.29 is 34.6 Å². The van der Waals surface area contributed by atoms with Crippen LogP contribution in [0.4, 0.5) is 0 Å². The molecule has 0 amide bonds. The van der Waals surface area contributed by atoms with Crippen LogP contribution in [0.1, 0.15) is 47.8 Å². The molecular formula is C29H40ClNO7. The van der Waals surface area contributed by atoms with Crippen LogP contribution in [0, 0.1) is 0 Å². The van der Waals surface area contributed by atoms with Gasteiger partial charge in [0.05, 0.1) is 33.0 Å². The van der Waals surface area contributed by atoms with Crippen LogP contribution in [-0.2, 0) is 33.7 Å². The van der Waals surface area contributed by atoms with Gasteiger partial charge in [0.1, 0.15) is 30.5 Å². The zero-order valence-electron chi connectivity index (χ0n) is 22.1. The van der Waals surface area contributed by atoms with Crippen LogP contribution in [0.2, 0.25) is 5.02 Å². The van der Waals surface area contributed by atoms with Crippen LogP contribution in [0.25, 0.3) is 0 Å². The van der Waals surface area contributed by atoms with Crippen molar-refractivity contribution in [1.29, 1.82) is 0 Å². The molecule has 0 aliphatic carbocycles. The zero-order valence-corrected chi connectivity index (χ0v) is 22.9. The molecule has 0 radical (unpaired) electrons. The highest BCUT2D eigenvalue weighted by Gasteiger charge is 2.44. The molecule has 210 valence electrons. The number of aryl methyl sites for hydroxylation is 1. The Morgan fingerprint density at radius 1 is 1.00 bits per heavy atom. The van der Waals surface area contributed by atoms with Gasteiger partial charge in [-0.2, -0.15) is 0 Å². The molecule has 2 aliphatic rings. The van der Waals surface area contributed by atoms with E-state index in [0.29, 0.717) is 36.8 Å². The van der Waals surface area contributed by atoms with Crippen molar-refractivity contribution in [3.63, 3.8) is 0 Å². The van der Waals surface area contributed by atoms with Gasteiger partial charge in [-0.3, -0.25) is 4.90 Å². The summed E-state index contributed by atoms with van der Waals surface area (Å²) < 4.78 is 17.5. The number of halogens is 1. The number of nitrogens with zero attached hydrogens (tertiary/aromatic N) is 1. The van der Waals surface area contributed by atoms with E-state index in [1.807, 2.05) is 12.1 Å². The normalized spacial score (nSPS) is 27.4. The van der Waals surface area contributed by atoms with Crippen LogP contribution in [0.5, 0.6) is 0 Å². The van der Waals surface area contributed by atoms with Crippen molar-refractivity contribution in [3.05, 3.63) is 69.2 Å². The van der Waals surface area contributed by atoms with Gasteiger partial charge in [-0.15, -0.1) is 0 Å². The quantitative estimate of drug-likeness (QED) is 0.357. The van der Waals surface area contributed by atoms with Crippen molar-refractivity contribution in [1.82, 2.24) is 4.90 Å². The summed E-state index contributed by atoms with van der Waals surface area (Å²) in [4.78, 5) is 2.32. The molecule has 6 atom stereocenters. The number of morpholine rings is 1. The molecule has 2 saturated heterocycles. The molecule has 0 bridgehead atoms. The third kappa shape index (κ3) is 6.94. The molecular weight excluding hydrogens is 510 g/mol. The molecule has 0 saturated carbocycles. The minimum absolute atomic E-state index is 0.204. The Morgan fingerprint density at radius 3 is 2.34 bits per heavy atom. The number of ether oxygens (including phenoxy) is 3. The summed E-state index contributed by atoms with van der Waals surface area (Å²) >= 11 is 6.75. The van der Waals surface area contributed by atoms with Crippen LogP contribution < -0.4 is 0 Å². The molecule has 2 aliphatic heterocycles. The molecule has 9 heteroatoms. The number of benzene rings is 2. The van der Waals surface area contributed by atoms with E-state index in [4.69, 9.17) is 25.8 Å². The van der Waals surface area contributed by atoms with Gasteiger partial charge in [0.15, 0.2) is 0 Å². The lowest BCUT2D eigenvalue weighted by Crippen LogP contribution is -2.55. The number of hydrogen-bond acceptors (Lipinski definition) is 8. The van der Waals surface area contributed by atoms with Crippen LogP contribution in [0.15, 0.2) is 36.4 Å². The Labute approximate surface area is 229 Å². The summed E-state index contributed by atoms with van der Waals surface area (Å²) in [6.07, 6.45) is -4.74. The fourth-order valence-electron chi connectivity index (χ4n) is 5.14. The Morgan fingerprint density at radius 2 is 1.68 bits per heavy atom. The minimum atomic E-state index is -1.47. The number of aliphatic hydroxyl groups is 4. The average Bonchev–Trinajstić information content (AvgIpc) is 2.94. The SMILES string of the molecule is CCc1ccc(Cc2cc([C@@H]3O[C@H](CO)[C@@H](O)[C@H](O)[C@H]3O)c(COCC(C)N3CCOCC3)cc2Cl)cc1. The second-order valence-electron chi connectivity index (χ2n) is 10.3. The van der Waals surface area contributed by atoms with Crippen molar-refractivity contribution in [2.24, 2.45) is 0 Å². The third-order valence-corrected chi connectivity index (χ3v) is 7.97. The molecule has 38 heavy (non-hydrogen) atoms. The van der Waals surface area contributed by atoms with E-state index >= 15 is 0 Å². The first-order chi connectivity index (χ1) is 18.3. The summed E-state index contributed by atoms with van der Waals surface area (Å²) in [5.41, 5.74) is 4.52. The number of hydrogen-bond donors (Lipinski definition) is 4. The second kappa shape index (κ2) is 13.7. The van der Waals surface area contributed by atoms with Crippen LogP contribution >= 0.6 is 11.6 Å².